The first-order chi connectivity index (χ1) is 10.7. The van der Waals surface area contributed by atoms with Crippen molar-refractivity contribution in [2.75, 3.05) is 6.54 Å². The van der Waals surface area contributed by atoms with Crippen LogP contribution in [0.3, 0.4) is 0 Å². The minimum absolute atomic E-state index is 0.0518. The number of thiazole rings is 1. The molecule has 2 atom stereocenters. The molecule has 2 aliphatic rings. The van der Waals surface area contributed by atoms with Crippen molar-refractivity contribution in [3.05, 3.63) is 16.1 Å². The van der Waals surface area contributed by atoms with Crippen LogP contribution in [0.25, 0.3) is 0 Å². The first-order valence-corrected chi connectivity index (χ1v) is 9.01. The average Bonchev–Trinajstić information content (AvgIpc) is 3.13. The van der Waals surface area contributed by atoms with Crippen molar-refractivity contribution < 1.29 is 9.59 Å². The van der Waals surface area contributed by atoms with Gasteiger partial charge in [-0.15, -0.1) is 11.3 Å². The zero-order chi connectivity index (χ0) is 15.5. The molecule has 2 heterocycles. The number of carbonyl (C=O) groups excluding carboxylic acids is 2. The number of aryl methyl sites for hydroxylation is 1. The maximum absolute atomic E-state index is 12.6. The third-order valence-electron chi connectivity index (χ3n) is 4.84. The Morgan fingerprint density at radius 1 is 1.41 bits per heavy atom. The Labute approximate surface area is 135 Å². The summed E-state index contributed by atoms with van der Waals surface area (Å²) in [4.78, 5) is 31.9. The van der Waals surface area contributed by atoms with Crippen LogP contribution in [-0.4, -0.2) is 34.3 Å². The number of aromatic nitrogens is 1. The normalized spacial score (nSPS) is 25.5. The number of nitrogens with zero attached hydrogens (tertiary/aromatic N) is 2. The van der Waals surface area contributed by atoms with Gasteiger partial charge < -0.3 is 10.2 Å². The molecule has 2 amide bonds. The van der Waals surface area contributed by atoms with Gasteiger partial charge in [0.1, 0.15) is 0 Å². The third kappa shape index (κ3) is 3.16. The fourth-order valence-corrected chi connectivity index (χ4v) is 4.32. The minimum atomic E-state index is -0.0518. The fourth-order valence-electron chi connectivity index (χ4n) is 3.60. The Morgan fingerprint density at radius 3 is 2.91 bits per heavy atom. The van der Waals surface area contributed by atoms with E-state index in [4.69, 9.17) is 0 Å². The van der Waals surface area contributed by atoms with E-state index in [1.54, 1.807) is 11.3 Å². The van der Waals surface area contributed by atoms with Gasteiger partial charge in [0.25, 0.3) is 0 Å². The first kappa shape index (κ1) is 15.5. The van der Waals surface area contributed by atoms with Gasteiger partial charge in [-0.3, -0.25) is 9.59 Å². The van der Waals surface area contributed by atoms with Crippen molar-refractivity contribution in [1.82, 2.24) is 15.2 Å². The van der Waals surface area contributed by atoms with Gasteiger partial charge >= 0.3 is 0 Å². The number of likely N-dealkylation sites (tertiary alicyclic amines) is 1. The second-order valence-electron chi connectivity index (χ2n) is 6.23. The Hall–Kier alpha value is -1.43. The van der Waals surface area contributed by atoms with E-state index in [1.165, 1.54) is 0 Å². The highest BCUT2D eigenvalue weighted by Crippen LogP contribution is 2.31. The average molecular weight is 321 g/mol. The van der Waals surface area contributed by atoms with Crippen molar-refractivity contribution in [2.45, 2.75) is 58.0 Å². The molecular weight excluding hydrogens is 298 g/mol. The molecule has 6 heteroatoms. The molecule has 0 bridgehead atoms. The maximum Gasteiger partial charge on any atom is 0.225 e. The van der Waals surface area contributed by atoms with Gasteiger partial charge in [-0.1, -0.05) is 12.8 Å². The van der Waals surface area contributed by atoms with Gasteiger partial charge in [-0.25, -0.2) is 4.98 Å². The number of rotatable bonds is 4. The Morgan fingerprint density at radius 2 is 2.23 bits per heavy atom. The molecule has 1 saturated carbocycles. The molecule has 0 spiro atoms. The molecule has 1 aromatic heterocycles. The van der Waals surface area contributed by atoms with Gasteiger partial charge in [0, 0.05) is 23.9 Å². The van der Waals surface area contributed by atoms with Crippen molar-refractivity contribution in [2.24, 2.45) is 5.92 Å². The number of carbonyl (C=O) groups is 2. The van der Waals surface area contributed by atoms with Crippen LogP contribution in [0.5, 0.6) is 0 Å². The molecule has 0 unspecified atom stereocenters. The van der Waals surface area contributed by atoms with Crippen molar-refractivity contribution in [3.8, 4) is 0 Å². The number of nitrogens with one attached hydrogen (secondary N) is 1. The summed E-state index contributed by atoms with van der Waals surface area (Å²) >= 11 is 1.57. The molecule has 5 nitrogen and oxygen atoms in total. The second-order valence-corrected chi connectivity index (χ2v) is 7.17. The predicted molar refractivity (Wildman–Crippen MR) is 85.4 cm³/mol. The summed E-state index contributed by atoms with van der Waals surface area (Å²) in [6, 6.07) is 0.103. The quantitative estimate of drug-likeness (QED) is 0.925. The van der Waals surface area contributed by atoms with Gasteiger partial charge in [0.05, 0.1) is 23.7 Å². The van der Waals surface area contributed by atoms with Crippen LogP contribution < -0.4 is 5.32 Å². The summed E-state index contributed by atoms with van der Waals surface area (Å²) in [5.74, 6) is 0.268. The van der Waals surface area contributed by atoms with E-state index in [0.29, 0.717) is 13.0 Å². The summed E-state index contributed by atoms with van der Waals surface area (Å²) in [5.41, 5.74) is 2.79. The van der Waals surface area contributed by atoms with Crippen LogP contribution in [0.4, 0.5) is 0 Å². The van der Waals surface area contributed by atoms with Crippen molar-refractivity contribution in [3.63, 3.8) is 0 Å². The molecule has 0 aromatic carbocycles. The third-order valence-corrected chi connectivity index (χ3v) is 5.78. The zero-order valence-corrected chi connectivity index (χ0v) is 13.8. The minimum Gasteiger partial charge on any atom is -0.351 e. The number of hydrogen-bond donors (Lipinski definition) is 1. The zero-order valence-electron chi connectivity index (χ0n) is 13.0. The summed E-state index contributed by atoms with van der Waals surface area (Å²) in [6.07, 6.45) is 5.63. The SMILES string of the molecule is Cc1ncsc1CNC(=O)[C@@H]1CCCC[C@@H]1N1CCCC1=O. The van der Waals surface area contributed by atoms with E-state index < -0.39 is 0 Å². The largest absolute Gasteiger partial charge is 0.351 e. The fraction of sp³-hybridized carbons (Fsp3) is 0.688. The van der Waals surface area contributed by atoms with E-state index in [2.05, 4.69) is 10.3 Å². The summed E-state index contributed by atoms with van der Waals surface area (Å²) < 4.78 is 0. The van der Waals surface area contributed by atoms with Gasteiger partial charge in [0.2, 0.25) is 11.8 Å². The lowest BCUT2D eigenvalue weighted by Crippen LogP contribution is -2.48. The van der Waals surface area contributed by atoms with Crippen LogP contribution in [0.2, 0.25) is 0 Å². The monoisotopic (exact) mass is 321 g/mol. The lowest BCUT2D eigenvalue weighted by atomic mass is 9.83. The van der Waals surface area contributed by atoms with Crippen LogP contribution in [0, 0.1) is 12.8 Å². The highest BCUT2D eigenvalue weighted by atomic mass is 32.1. The second kappa shape index (κ2) is 6.77. The topological polar surface area (TPSA) is 62.3 Å². The van der Waals surface area contributed by atoms with E-state index >= 15 is 0 Å². The maximum atomic E-state index is 12.6. The predicted octanol–water partition coefficient (Wildman–Crippen LogP) is 2.25. The van der Waals surface area contributed by atoms with Gasteiger partial charge in [0.15, 0.2) is 0 Å². The van der Waals surface area contributed by atoms with E-state index in [9.17, 15) is 9.59 Å². The van der Waals surface area contributed by atoms with Crippen LogP contribution in [0.1, 0.15) is 49.1 Å². The van der Waals surface area contributed by atoms with E-state index in [0.717, 1.165) is 49.2 Å². The molecule has 3 rings (SSSR count). The van der Waals surface area contributed by atoms with Crippen LogP contribution >= 0.6 is 11.3 Å². The Balaban J connectivity index is 1.63. The number of hydrogen-bond acceptors (Lipinski definition) is 4. The molecule has 1 N–H and O–H groups in total. The summed E-state index contributed by atoms with van der Waals surface area (Å²) in [6.45, 7) is 3.33. The van der Waals surface area contributed by atoms with E-state index in [1.807, 2.05) is 17.3 Å². The lowest BCUT2D eigenvalue weighted by molar-refractivity contribution is -0.135. The van der Waals surface area contributed by atoms with Crippen molar-refractivity contribution in [1.29, 1.82) is 0 Å². The van der Waals surface area contributed by atoms with Crippen LogP contribution in [0.15, 0.2) is 5.51 Å². The Bertz CT molecular complexity index is 557. The standard InChI is InChI=1S/C16H23N3O2S/c1-11-14(22-10-18-11)9-17-16(21)12-5-2-3-6-13(12)19-8-4-7-15(19)20/h10,12-13H,2-9H2,1H3,(H,17,21)/t12-,13+/m1/s1. The molecule has 0 radical (unpaired) electrons. The van der Waals surface area contributed by atoms with Crippen LogP contribution in [-0.2, 0) is 16.1 Å². The van der Waals surface area contributed by atoms with Gasteiger partial charge in [-0.05, 0) is 26.2 Å². The molecule has 1 saturated heterocycles. The summed E-state index contributed by atoms with van der Waals surface area (Å²) in [7, 11) is 0. The first-order valence-electron chi connectivity index (χ1n) is 8.13. The highest BCUT2D eigenvalue weighted by molar-refractivity contribution is 7.09. The molecule has 2 fully saturated rings. The molecular formula is C16H23N3O2S. The molecule has 120 valence electrons. The molecule has 1 aliphatic carbocycles. The molecule has 1 aliphatic heterocycles. The Kier molecular flexibility index (Phi) is 4.76. The van der Waals surface area contributed by atoms with Crippen molar-refractivity contribution >= 4 is 23.2 Å². The molecule has 1 aromatic rings. The number of amides is 2. The molecule has 22 heavy (non-hydrogen) atoms. The summed E-state index contributed by atoms with van der Waals surface area (Å²) in [5, 5.41) is 3.06. The lowest BCUT2D eigenvalue weighted by Gasteiger charge is -2.37. The smallest absolute Gasteiger partial charge is 0.225 e. The van der Waals surface area contributed by atoms with Gasteiger partial charge in [-0.2, -0.15) is 0 Å². The van der Waals surface area contributed by atoms with E-state index in [-0.39, 0.29) is 23.8 Å². The highest BCUT2D eigenvalue weighted by Gasteiger charge is 2.38.